The van der Waals surface area contributed by atoms with E-state index in [1.54, 1.807) is 31.1 Å². The number of para-hydroxylation sites is 1. The van der Waals surface area contributed by atoms with Crippen molar-refractivity contribution in [2.45, 2.75) is 6.92 Å². The highest BCUT2D eigenvalue weighted by atomic mass is 16.2. The summed E-state index contributed by atoms with van der Waals surface area (Å²) in [4.78, 5) is 26.4. The second-order valence-corrected chi connectivity index (χ2v) is 6.63. The lowest BCUT2D eigenvalue weighted by Crippen LogP contribution is -2.21. The fraction of sp³-hybridized carbons (Fsp3) is 0.130. The molecule has 0 radical (unpaired) electrons. The summed E-state index contributed by atoms with van der Waals surface area (Å²) in [5.41, 5.74) is 4.78. The molecule has 27 heavy (non-hydrogen) atoms. The van der Waals surface area contributed by atoms with Crippen LogP contribution in [-0.2, 0) is 0 Å². The first-order chi connectivity index (χ1) is 13.0. The molecule has 0 heterocycles. The van der Waals surface area contributed by atoms with Crippen molar-refractivity contribution in [3.05, 3.63) is 89.5 Å². The third-order valence-electron chi connectivity index (χ3n) is 4.37. The molecular formula is C23H22N2O2. The first-order valence-corrected chi connectivity index (χ1v) is 8.75. The van der Waals surface area contributed by atoms with Crippen LogP contribution in [0.4, 0.5) is 5.69 Å². The molecule has 0 fully saturated rings. The first kappa shape index (κ1) is 18.4. The predicted molar refractivity (Wildman–Crippen MR) is 109 cm³/mol. The summed E-state index contributed by atoms with van der Waals surface area (Å²) in [6.45, 7) is 1.96. The van der Waals surface area contributed by atoms with Crippen molar-refractivity contribution >= 4 is 17.5 Å². The molecule has 0 aliphatic heterocycles. The molecule has 4 nitrogen and oxygen atoms in total. The van der Waals surface area contributed by atoms with E-state index in [0.29, 0.717) is 11.1 Å². The highest BCUT2D eigenvalue weighted by Gasteiger charge is 2.11. The van der Waals surface area contributed by atoms with Crippen LogP contribution in [0.2, 0.25) is 0 Å². The van der Waals surface area contributed by atoms with E-state index in [2.05, 4.69) is 5.32 Å². The van der Waals surface area contributed by atoms with Crippen LogP contribution < -0.4 is 5.32 Å². The van der Waals surface area contributed by atoms with Crippen LogP contribution in [0.15, 0.2) is 72.8 Å². The van der Waals surface area contributed by atoms with E-state index in [-0.39, 0.29) is 11.8 Å². The van der Waals surface area contributed by atoms with Crippen molar-refractivity contribution in [3.8, 4) is 11.1 Å². The highest BCUT2D eigenvalue weighted by molar-refractivity contribution is 6.05. The van der Waals surface area contributed by atoms with Crippen LogP contribution in [0.25, 0.3) is 11.1 Å². The standard InChI is InChI=1S/C23H22N2O2/c1-16-8-4-5-13-21(16)24-22(26)19-11-6-9-17(14-19)18-10-7-12-20(15-18)23(27)25(2)3/h4-15H,1-3H3,(H,24,26). The van der Waals surface area contributed by atoms with Crippen LogP contribution in [0.5, 0.6) is 0 Å². The molecular weight excluding hydrogens is 336 g/mol. The zero-order valence-electron chi connectivity index (χ0n) is 15.7. The van der Waals surface area contributed by atoms with Gasteiger partial charge >= 0.3 is 0 Å². The molecule has 1 N–H and O–H groups in total. The summed E-state index contributed by atoms with van der Waals surface area (Å²) in [5.74, 6) is -0.211. The van der Waals surface area contributed by atoms with Gasteiger partial charge in [0.1, 0.15) is 0 Å². The number of benzene rings is 3. The van der Waals surface area contributed by atoms with Crippen LogP contribution in [-0.4, -0.2) is 30.8 Å². The summed E-state index contributed by atoms with van der Waals surface area (Å²) in [7, 11) is 3.46. The normalized spacial score (nSPS) is 10.3. The maximum Gasteiger partial charge on any atom is 0.255 e. The largest absolute Gasteiger partial charge is 0.345 e. The number of anilines is 1. The van der Waals surface area contributed by atoms with Gasteiger partial charge in [0.15, 0.2) is 0 Å². The Morgan fingerprint density at radius 3 is 2.00 bits per heavy atom. The summed E-state index contributed by atoms with van der Waals surface area (Å²) in [6.07, 6.45) is 0. The summed E-state index contributed by atoms with van der Waals surface area (Å²) < 4.78 is 0. The molecule has 0 aliphatic rings. The van der Waals surface area contributed by atoms with Crippen molar-refractivity contribution in [3.63, 3.8) is 0 Å². The monoisotopic (exact) mass is 358 g/mol. The maximum absolute atomic E-state index is 12.6. The van der Waals surface area contributed by atoms with E-state index in [1.165, 1.54) is 0 Å². The van der Waals surface area contributed by atoms with E-state index < -0.39 is 0 Å². The Bertz CT molecular complexity index is 993. The van der Waals surface area contributed by atoms with Gasteiger partial charge < -0.3 is 10.2 Å². The number of rotatable bonds is 4. The van der Waals surface area contributed by atoms with Gasteiger partial charge in [-0.1, -0.05) is 42.5 Å². The zero-order valence-corrected chi connectivity index (χ0v) is 15.7. The molecule has 0 bridgehead atoms. The fourth-order valence-corrected chi connectivity index (χ4v) is 2.84. The van der Waals surface area contributed by atoms with Crippen molar-refractivity contribution in [2.24, 2.45) is 0 Å². The Balaban J connectivity index is 1.88. The molecule has 3 aromatic carbocycles. The van der Waals surface area contributed by atoms with E-state index in [9.17, 15) is 9.59 Å². The van der Waals surface area contributed by atoms with Gasteiger partial charge in [-0.3, -0.25) is 9.59 Å². The van der Waals surface area contributed by atoms with Gasteiger partial charge in [0, 0.05) is 30.9 Å². The minimum atomic E-state index is -0.160. The minimum absolute atomic E-state index is 0.0506. The highest BCUT2D eigenvalue weighted by Crippen LogP contribution is 2.23. The lowest BCUT2D eigenvalue weighted by Gasteiger charge is -2.12. The zero-order chi connectivity index (χ0) is 19.4. The molecule has 0 saturated carbocycles. The van der Waals surface area contributed by atoms with E-state index in [1.807, 2.05) is 67.6 Å². The van der Waals surface area contributed by atoms with Crippen LogP contribution in [0.1, 0.15) is 26.3 Å². The van der Waals surface area contributed by atoms with Crippen molar-refractivity contribution in [2.75, 3.05) is 19.4 Å². The van der Waals surface area contributed by atoms with Gasteiger partial charge in [0.25, 0.3) is 11.8 Å². The third kappa shape index (κ3) is 4.23. The Kier molecular flexibility index (Phi) is 5.36. The molecule has 0 saturated heterocycles. The molecule has 2 amide bonds. The molecule has 0 aromatic heterocycles. The SMILES string of the molecule is Cc1ccccc1NC(=O)c1cccc(-c2cccc(C(=O)N(C)C)c2)c1. The minimum Gasteiger partial charge on any atom is -0.345 e. The molecule has 4 heteroatoms. The second-order valence-electron chi connectivity index (χ2n) is 6.63. The number of aryl methyl sites for hydroxylation is 1. The Morgan fingerprint density at radius 1 is 0.778 bits per heavy atom. The predicted octanol–water partition coefficient (Wildman–Crippen LogP) is 4.62. The molecule has 3 aromatic rings. The van der Waals surface area contributed by atoms with Crippen LogP contribution in [0.3, 0.4) is 0 Å². The smallest absolute Gasteiger partial charge is 0.255 e. The maximum atomic E-state index is 12.6. The van der Waals surface area contributed by atoms with Crippen molar-refractivity contribution in [1.29, 1.82) is 0 Å². The first-order valence-electron chi connectivity index (χ1n) is 8.75. The molecule has 0 unspecified atom stereocenters. The molecule has 3 rings (SSSR count). The van der Waals surface area contributed by atoms with E-state index >= 15 is 0 Å². The van der Waals surface area contributed by atoms with Gasteiger partial charge in [0.05, 0.1) is 0 Å². The number of amides is 2. The number of carbonyl (C=O) groups is 2. The molecule has 0 atom stereocenters. The summed E-state index contributed by atoms with van der Waals surface area (Å²) in [5, 5.41) is 2.95. The average molecular weight is 358 g/mol. The number of hydrogen-bond acceptors (Lipinski definition) is 2. The van der Waals surface area contributed by atoms with Gasteiger partial charge in [0.2, 0.25) is 0 Å². The van der Waals surface area contributed by atoms with Gasteiger partial charge in [-0.15, -0.1) is 0 Å². The molecule has 0 spiro atoms. The third-order valence-corrected chi connectivity index (χ3v) is 4.37. The number of hydrogen-bond donors (Lipinski definition) is 1. The fourth-order valence-electron chi connectivity index (χ4n) is 2.84. The Hall–Kier alpha value is -3.40. The Morgan fingerprint density at radius 2 is 1.37 bits per heavy atom. The topological polar surface area (TPSA) is 49.4 Å². The summed E-state index contributed by atoms with van der Waals surface area (Å²) >= 11 is 0. The van der Waals surface area contributed by atoms with Gasteiger partial charge in [-0.25, -0.2) is 0 Å². The van der Waals surface area contributed by atoms with Gasteiger partial charge in [-0.05, 0) is 53.9 Å². The van der Waals surface area contributed by atoms with Crippen LogP contribution >= 0.6 is 0 Å². The molecule has 136 valence electrons. The number of carbonyl (C=O) groups excluding carboxylic acids is 2. The lowest BCUT2D eigenvalue weighted by atomic mass is 10.0. The number of nitrogens with zero attached hydrogens (tertiary/aromatic N) is 1. The van der Waals surface area contributed by atoms with Gasteiger partial charge in [-0.2, -0.15) is 0 Å². The van der Waals surface area contributed by atoms with E-state index in [0.717, 1.165) is 22.4 Å². The quantitative estimate of drug-likeness (QED) is 0.740. The average Bonchev–Trinajstić information content (AvgIpc) is 2.69. The molecule has 0 aliphatic carbocycles. The van der Waals surface area contributed by atoms with Crippen molar-refractivity contribution < 1.29 is 9.59 Å². The number of nitrogens with one attached hydrogen (secondary N) is 1. The lowest BCUT2D eigenvalue weighted by molar-refractivity contribution is 0.0827. The second kappa shape index (κ2) is 7.87. The van der Waals surface area contributed by atoms with Crippen LogP contribution in [0, 0.1) is 6.92 Å². The Labute approximate surface area is 159 Å². The van der Waals surface area contributed by atoms with E-state index in [4.69, 9.17) is 0 Å². The summed E-state index contributed by atoms with van der Waals surface area (Å²) in [6, 6.07) is 22.5. The van der Waals surface area contributed by atoms with Crippen molar-refractivity contribution in [1.82, 2.24) is 4.90 Å².